The van der Waals surface area contributed by atoms with E-state index in [1.807, 2.05) is 31.4 Å². The van der Waals surface area contributed by atoms with Gasteiger partial charge in [-0.1, -0.05) is 15.9 Å². The van der Waals surface area contributed by atoms with Gasteiger partial charge in [0.2, 0.25) is 5.95 Å². The number of halogens is 1. The number of ether oxygens (including phenoxy) is 1. The second-order valence-electron chi connectivity index (χ2n) is 7.49. The van der Waals surface area contributed by atoms with Gasteiger partial charge in [0.25, 0.3) is 0 Å². The van der Waals surface area contributed by atoms with E-state index in [0.717, 1.165) is 21.0 Å². The summed E-state index contributed by atoms with van der Waals surface area (Å²) in [7, 11) is 3.45. The van der Waals surface area contributed by atoms with Crippen molar-refractivity contribution in [1.82, 2.24) is 25.1 Å². The van der Waals surface area contributed by atoms with E-state index in [1.54, 1.807) is 36.3 Å². The van der Waals surface area contributed by atoms with Gasteiger partial charge in [-0.25, -0.2) is 9.97 Å². The van der Waals surface area contributed by atoms with Gasteiger partial charge >= 0.3 is 0 Å². The largest absolute Gasteiger partial charge is 0.508 e. The zero-order valence-electron chi connectivity index (χ0n) is 18.0. The SMILES string of the molecule is C1CCNC1.COc1cc(Br)cc2cnc(Nc3cc(O)cc(-c4cnn(C)c4)c3)nc12. The van der Waals surface area contributed by atoms with Crippen LogP contribution in [-0.4, -0.2) is 45.1 Å². The number of aryl methyl sites for hydroxylation is 1. The van der Waals surface area contributed by atoms with Gasteiger partial charge in [0.05, 0.1) is 13.3 Å². The maximum atomic E-state index is 10.1. The standard InChI is InChI=1S/C19H16BrN5O2.C4H9N/c1-25-10-13(9-22-25)11-4-15(7-16(26)5-11)23-19-21-8-12-3-14(20)6-17(27-2)18(12)24-19;1-2-4-5-3-1/h3-10,26H,1-2H3,(H,21,23,24);5H,1-4H2. The van der Waals surface area contributed by atoms with Gasteiger partial charge in [0.15, 0.2) is 0 Å². The summed E-state index contributed by atoms with van der Waals surface area (Å²) in [6.45, 7) is 2.50. The van der Waals surface area contributed by atoms with E-state index >= 15 is 0 Å². The van der Waals surface area contributed by atoms with E-state index in [4.69, 9.17) is 4.74 Å². The van der Waals surface area contributed by atoms with E-state index < -0.39 is 0 Å². The second kappa shape index (κ2) is 9.97. The van der Waals surface area contributed by atoms with Gasteiger partial charge in [-0.3, -0.25) is 4.68 Å². The van der Waals surface area contributed by atoms with Crippen molar-refractivity contribution < 1.29 is 9.84 Å². The molecule has 2 aromatic heterocycles. The van der Waals surface area contributed by atoms with Crippen molar-refractivity contribution in [2.75, 3.05) is 25.5 Å². The normalized spacial score (nSPS) is 13.0. The Labute approximate surface area is 194 Å². The first kappa shape index (κ1) is 22.0. The van der Waals surface area contributed by atoms with Crippen LogP contribution in [0.3, 0.4) is 0 Å². The Bertz CT molecular complexity index is 1210. The zero-order valence-corrected chi connectivity index (χ0v) is 19.6. The van der Waals surface area contributed by atoms with Crippen LogP contribution in [0.4, 0.5) is 11.6 Å². The molecule has 0 unspecified atom stereocenters. The number of nitrogens with zero attached hydrogens (tertiary/aromatic N) is 4. The van der Waals surface area contributed by atoms with Crippen LogP contribution in [0.2, 0.25) is 0 Å². The first-order valence-corrected chi connectivity index (χ1v) is 11.1. The Kier molecular flexibility index (Phi) is 6.87. The van der Waals surface area contributed by atoms with Crippen LogP contribution in [0.15, 0.2) is 53.4 Å². The van der Waals surface area contributed by atoms with Crippen LogP contribution < -0.4 is 15.4 Å². The molecule has 0 saturated carbocycles. The molecule has 8 nitrogen and oxygen atoms in total. The fraction of sp³-hybridized carbons (Fsp3) is 0.261. The molecule has 4 aromatic rings. The third-order valence-corrected chi connectivity index (χ3v) is 5.46. The molecule has 0 aliphatic carbocycles. The Balaban J connectivity index is 0.000000433. The minimum atomic E-state index is 0.140. The molecule has 2 aromatic carbocycles. The molecule has 3 N–H and O–H groups in total. The summed E-state index contributed by atoms with van der Waals surface area (Å²) in [4.78, 5) is 8.91. The highest BCUT2D eigenvalue weighted by atomic mass is 79.9. The highest BCUT2D eigenvalue weighted by Crippen LogP contribution is 2.31. The van der Waals surface area contributed by atoms with Gasteiger partial charge in [-0.05, 0) is 55.8 Å². The van der Waals surface area contributed by atoms with E-state index in [-0.39, 0.29) is 5.75 Å². The molecule has 1 fully saturated rings. The van der Waals surface area contributed by atoms with E-state index in [9.17, 15) is 5.11 Å². The Morgan fingerprint density at radius 3 is 2.56 bits per heavy atom. The molecule has 0 bridgehead atoms. The molecule has 166 valence electrons. The van der Waals surface area contributed by atoms with Crippen molar-refractivity contribution in [2.24, 2.45) is 7.05 Å². The number of benzene rings is 2. The second-order valence-corrected chi connectivity index (χ2v) is 8.41. The lowest BCUT2D eigenvalue weighted by Gasteiger charge is -2.10. The summed E-state index contributed by atoms with van der Waals surface area (Å²) >= 11 is 3.45. The van der Waals surface area contributed by atoms with Crippen molar-refractivity contribution >= 4 is 38.5 Å². The predicted molar refractivity (Wildman–Crippen MR) is 129 cm³/mol. The first-order chi connectivity index (χ1) is 15.5. The van der Waals surface area contributed by atoms with Crippen molar-refractivity contribution in [3.63, 3.8) is 0 Å². The summed E-state index contributed by atoms with van der Waals surface area (Å²) in [6.07, 6.45) is 8.13. The van der Waals surface area contributed by atoms with Gasteiger partial charge in [-0.15, -0.1) is 0 Å². The smallest absolute Gasteiger partial charge is 0.227 e. The van der Waals surface area contributed by atoms with Crippen LogP contribution in [0.5, 0.6) is 11.5 Å². The molecule has 1 saturated heterocycles. The molecule has 3 heterocycles. The van der Waals surface area contributed by atoms with E-state index in [2.05, 4.69) is 41.6 Å². The maximum Gasteiger partial charge on any atom is 0.227 e. The quantitative estimate of drug-likeness (QED) is 0.379. The van der Waals surface area contributed by atoms with Crippen molar-refractivity contribution in [1.29, 1.82) is 0 Å². The van der Waals surface area contributed by atoms with Gasteiger partial charge < -0.3 is 20.5 Å². The molecule has 0 amide bonds. The number of phenolic OH excluding ortho intramolecular Hbond substituents is 1. The van der Waals surface area contributed by atoms with Gasteiger partial charge in [0, 0.05) is 46.6 Å². The summed E-state index contributed by atoms with van der Waals surface area (Å²) in [6, 6.07) is 8.99. The number of fused-ring (bicyclic) bond motifs is 1. The average Bonchev–Trinajstić information content (AvgIpc) is 3.48. The first-order valence-electron chi connectivity index (χ1n) is 10.3. The molecule has 1 aliphatic rings. The number of aromatic nitrogens is 4. The molecular formula is C23H25BrN6O2. The highest BCUT2D eigenvalue weighted by Gasteiger charge is 2.10. The summed E-state index contributed by atoms with van der Waals surface area (Å²) in [5.74, 6) is 1.20. The monoisotopic (exact) mass is 496 g/mol. The number of anilines is 2. The molecule has 9 heteroatoms. The fourth-order valence-electron chi connectivity index (χ4n) is 3.47. The minimum absolute atomic E-state index is 0.140. The number of nitrogens with one attached hydrogen (secondary N) is 2. The highest BCUT2D eigenvalue weighted by molar-refractivity contribution is 9.10. The van der Waals surface area contributed by atoms with Crippen LogP contribution in [0.1, 0.15) is 12.8 Å². The van der Waals surface area contributed by atoms with Crippen molar-refractivity contribution in [3.8, 4) is 22.6 Å². The molecule has 0 radical (unpaired) electrons. The van der Waals surface area contributed by atoms with Crippen LogP contribution in [-0.2, 0) is 7.05 Å². The maximum absolute atomic E-state index is 10.1. The number of hydrogen-bond acceptors (Lipinski definition) is 7. The summed E-state index contributed by atoms with van der Waals surface area (Å²) in [5.41, 5.74) is 3.12. The third kappa shape index (κ3) is 5.35. The minimum Gasteiger partial charge on any atom is -0.508 e. The van der Waals surface area contributed by atoms with Crippen molar-refractivity contribution in [2.45, 2.75) is 12.8 Å². The van der Waals surface area contributed by atoms with Gasteiger partial charge in [-0.2, -0.15) is 5.10 Å². The summed E-state index contributed by atoms with van der Waals surface area (Å²) < 4.78 is 8.02. The number of hydrogen-bond donors (Lipinski definition) is 3. The molecule has 0 atom stereocenters. The molecule has 5 rings (SSSR count). The van der Waals surface area contributed by atoms with Crippen LogP contribution in [0, 0.1) is 0 Å². The Morgan fingerprint density at radius 1 is 1.09 bits per heavy atom. The Hall–Kier alpha value is -3.17. The topological polar surface area (TPSA) is 97.1 Å². The lowest BCUT2D eigenvalue weighted by molar-refractivity contribution is 0.418. The predicted octanol–water partition coefficient (Wildman–Crippen LogP) is 4.62. The average molecular weight is 497 g/mol. The summed E-state index contributed by atoms with van der Waals surface area (Å²) in [5, 5.41) is 21.5. The van der Waals surface area contributed by atoms with E-state index in [0.29, 0.717) is 22.9 Å². The molecule has 32 heavy (non-hydrogen) atoms. The number of methoxy groups -OCH3 is 1. The van der Waals surface area contributed by atoms with Crippen LogP contribution in [0.25, 0.3) is 22.0 Å². The third-order valence-electron chi connectivity index (χ3n) is 5.00. The molecule has 1 aliphatic heterocycles. The molecule has 0 spiro atoms. The number of rotatable bonds is 4. The zero-order chi connectivity index (χ0) is 22.5. The van der Waals surface area contributed by atoms with Crippen molar-refractivity contribution in [3.05, 3.63) is 53.4 Å². The lowest BCUT2D eigenvalue weighted by atomic mass is 10.1. The van der Waals surface area contributed by atoms with Gasteiger partial charge in [0.1, 0.15) is 17.0 Å². The Morgan fingerprint density at radius 2 is 1.91 bits per heavy atom. The molecular weight excluding hydrogens is 472 g/mol. The fourth-order valence-corrected chi connectivity index (χ4v) is 3.92. The van der Waals surface area contributed by atoms with Crippen LogP contribution >= 0.6 is 15.9 Å². The number of phenols is 1. The lowest BCUT2D eigenvalue weighted by Crippen LogP contribution is -2.03. The number of aromatic hydroxyl groups is 1. The van der Waals surface area contributed by atoms with E-state index in [1.165, 1.54) is 25.9 Å².